The molecule has 2 aromatic heterocycles. The van der Waals surface area contributed by atoms with Gasteiger partial charge in [0.05, 0.1) is 11.3 Å². The van der Waals surface area contributed by atoms with Crippen molar-refractivity contribution in [1.82, 2.24) is 20.2 Å². The number of aromatic amines is 2. The van der Waals surface area contributed by atoms with Crippen molar-refractivity contribution in [3.05, 3.63) is 77.9 Å². The Morgan fingerprint density at radius 3 is 2.58 bits per heavy atom. The van der Waals surface area contributed by atoms with Gasteiger partial charge in [-0.05, 0) is 12.5 Å². The van der Waals surface area contributed by atoms with Crippen molar-refractivity contribution < 1.29 is 9.34 Å². The molecule has 3 rings (SSSR count). The van der Waals surface area contributed by atoms with Crippen molar-refractivity contribution in [1.29, 1.82) is 0 Å². The van der Waals surface area contributed by atoms with Gasteiger partial charge in [-0.25, -0.2) is 4.79 Å². The van der Waals surface area contributed by atoms with Crippen molar-refractivity contribution in [2.45, 2.75) is 24.3 Å². The van der Waals surface area contributed by atoms with E-state index in [1.54, 1.807) is 19.1 Å². The predicted molar refractivity (Wildman–Crippen MR) is 92.2 cm³/mol. The van der Waals surface area contributed by atoms with E-state index in [1.807, 2.05) is 0 Å². The molecule has 0 aliphatic carbocycles. The van der Waals surface area contributed by atoms with Gasteiger partial charge in [0.2, 0.25) is 5.89 Å². The minimum Gasteiger partial charge on any atom is -0.416 e. The normalized spacial score (nSPS) is 10.8. The van der Waals surface area contributed by atoms with Crippen LogP contribution in [0.25, 0.3) is 0 Å². The summed E-state index contributed by atoms with van der Waals surface area (Å²) in [6, 6.07) is 6.18. The molecule has 0 radical (unpaired) electrons. The first-order valence-corrected chi connectivity index (χ1v) is 8.41. The van der Waals surface area contributed by atoms with E-state index in [2.05, 4.69) is 20.2 Å². The van der Waals surface area contributed by atoms with E-state index in [-0.39, 0.29) is 18.0 Å². The standard InChI is InChI=1S/C15H13N5O5S/c1-8-11(13(21)17-14(22)16-8)6-12-18-19-15(25-12)26-7-9-2-4-10(5-3-9)20(23)24/h2-5H,6-7H2,1H3,(H2,16,17,21,22). The number of hydrogen-bond acceptors (Lipinski definition) is 8. The summed E-state index contributed by atoms with van der Waals surface area (Å²) in [6.45, 7) is 1.62. The monoisotopic (exact) mass is 375 g/mol. The molecule has 134 valence electrons. The van der Waals surface area contributed by atoms with E-state index in [9.17, 15) is 19.7 Å². The first-order valence-electron chi connectivity index (χ1n) is 7.43. The third-order valence-electron chi connectivity index (χ3n) is 3.54. The lowest BCUT2D eigenvalue weighted by molar-refractivity contribution is -0.384. The molecular weight excluding hydrogens is 362 g/mol. The molecule has 0 fully saturated rings. The molecule has 26 heavy (non-hydrogen) atoms. The van der Waals surface area contributed by atoms with Gasteiger partial charge in [-0.1, -0.05) is 23.9 Å². The highest BCUT2D eigenvalue weighted by atomic mass is 32.2. The lowest BCUT2D eigenvalue weighted by atomic mass is 10.2. The van der Waals surface area contributed by atoms with Gasteiger partial charge in [0.25, 0.3) is 16.5 Å². The van der Waals surface area contributed by atoms with Crippen molar-refractivity contribution in [3.8, 4) is 0 Å². The molecule has 0 unspecified atom stereocenters. The predicted octanol–water partition coefficient (Wildman–Crippen LogP) is 1.55. The highest BCUT2D eigenvalue weighted by Gasteiger charge is 2.13. The number of benzene rings is 1. The second kappa shape index (κ2) is 7.35. The zero-order valence-electron chi connectivity index (χ0n) is 13.5. The van der Waals surface area contributed by atoms with Crippen LogP contribution in [0.1, 0.15) is 22.7 Å². The average Bonchev–Trinajstić information content (AvgIpc) is 3.04. The lowest BCUT2D eigenvalue weighted by Gasteiger charge is -2.00. The van der Waals surface area contributed by atoms with E-state index < -0.39 is 16.2 Å². The fraction of sp³-hybridized carbons (Fsp3) is 0.200. The van der Waals surface area contributed by atoms with Crippen molar-refractivity contribution in [2.24, 2.45) is 0 Å². The van der Waals surface area contributed by atoms with E-state index in [4.69, 9.17) is 4.42 Å². The molecule has 2 N–H and O–H groups in total. The van der Waals surface area contributed by atoms with Gasteiger partial charge < -0.3 is 9.40 Å². The largest absolute Gasteiger partial charge is 0.416 e. The summed E-state index contributed by atoms with van der Waals surface area (Å²) in [5.41, 5.74) is 0.622. The fourth-order valence-corrected chi connectivity index (χ4v) is 2.95. The van der Waals surface area contributed by atoms with Gasteiger partial charge in [0.1, 0.15) is 0 Å². The molecule has 1 aromatic carbocycles. The second-order valence-corrected chi connectivity index (χ2v) is 6.29. The Labute approximate surface area is 149 Å². The molecule has 0 aliphatic rings. The number of rotatable bonds is 6. The van der Waals surface area contributed by atoms with Crippen LogP contribution in [0.5, 0.6) is 0 Å². The highest BCUT2D eigenvalue weighted by Crippen LogP contribution is 2.23. The quantitative estimate of drug-likeness (QED) is 0.374. The number of thioether (sulfide) groups is 1. The minimum absolute atomic E-state index is 0.0281. The molecule has 11 heteroatoms. The molecule has 0 amide bonds. The van der Waals surface area contributed by atoms with Gasteiger partial charge in [0, 0.05) is 29.1 Å². The second-order valence-electron chi connectivity index (χ2n) is 5.36. The molecule has 0 saturated carbocycles. The number of aromatic nitrogens is 4. The van der Waals surface area contributed by atoms with Crippen LogP contribution >= 0.6 is 11.8 Å². The summed E-state index contributed by atoms with van der Waals surface area (Å²) in [5.74, 6) is 0.745. The molecule has 0 spiro atoms. The van der Waals surface area contributed by atoms with Gasteiger partial charge in [-0.3, -0.25) is 19.9 Å². The number of aryl methyl sites for hydroxylation is 1. The smallest absolute Gasteiger partial charge is 0.325 e. The molecule has 0 saturated heterocycles. The van der Waals surface area contributed by atoms with Gasteiger partial charge in [0.15, 0.2) is 0 Å². The molecular formula is C15H13N5O5S. The number of nitro groups is 1. The summed E-state index contributed by atoms with van der Waals surface area (Å²) >= 11 is 1.28. The Kier molecular flexibility index (Phi) is 4.98. The number of non-ortho nitro benzene ring substituents is 1. The summed E-state index contributed by atoms with van der Waals surface area (Å²) < 4.78 is 5.50. The fourth-order valence-electron chi connectivity index (χ4n) is 2.22. The number of nitro benzene ring substituents is 1. The van der Waals surface area contributed by atoms with Crippen LogP contribution in [-0.2, 0) is 12.2 Å². The molecule has 0 atom stereocenters. The Morgan fingerprint density at radius 1 is 1.19 bits per heavy atom. The maximum Gasteiger partial charge on any atom is 0.325 e. The Bertz CT molecular complexity index is 1050. The van der Waals surface area contributed by atoms with Crippen LogP contribution < -0.4 is 11.2 Å². The highest BCUT2D eigenvalue weighted by molar-refractivity contribution is 7.98. The van der Waals surface area contributed by atoms with Crippen LogP contribution in [-0.4, -0.2) is 25.1 Å². The van der Waals surface area contributed by atoms with Crippen molar-refractivity contribution in [3.63, 3.8) is 0 Å². The van der Waals surface area contributed by atoms with Gasteiger partial charge >= 0.3 is 5.69 Å². The zero-order chi connectivity index (χ0) is 18.7. The lowest BCUT2D eigenvalue weighted by Crippen LogP contribution is -2.27. The summed E-state index contributed by atoms with van der Waals surface area (Å²) in [4.78, 5) is 37.9. The third-order valence-corrected chi connectivity index (χ3v) is 4.43. The van der Waals surface area contributed by atoms with Gasteiger partial charge in [-0.15, -0.1) is 10.2 Å². The SMILES string of the molecule is Cc1[nH]c(=O)[nH]c(=O)c1Cc1nnc(SCc2ccc([N+](=O)[O-])cc2)o1. The number of nitrogens with zero attached hydrogens (tertiary/aromatic N) is 3. The average molecular weight is 375 g/mol. The van der Waals surface area contributed by atoms with Crippen molar-refractivity contribution in [2.75, 3.05) is 0 Å². The van der Waals surface area contributed by atoms with E-state index in [0.717, 1.165) is 5.56 Å². The number of nitrogens with one attached hydrogen (secondary N) is 2. The summed E-state index contributed by atoms with van der Waals surface area (Å²) in [7, 11) is 0. The molecule has 2 heterocycles. The van der Waals surface area contributed by atoms with Crippen LogP contribution in [0.3, 0.4) is 0 Å². The maximum atomic E-state index is 11.8. The molecule has 0 aliphatic heterocycles. The topological polar surface area (TPSA) is 148 Å². The van der Waals surface area contributed by atoms with E-state index in [0.29, 0.717) is 22.2 Å². The van der Waals surface area contributed by atoms with E-state index in [1.165, 1.54) is 23.9 Å². The Hall–Kier alpha value is -3.21. The molecule has 3 aromatic rings. The summed E-state index contributed by atoms with van der Waals surface area (Å²) in [5, 5.41) is 18.7. The minimum atomic E-state index is -0.568. The van der Waals surface area contributed by atoms with Crippen LogP contribution in [0.15, 0.2) is 43.5 Å². The first-order chi connectivity index (χ1) is 12.4. The van der Waals surface area contributed by atoms with Crippen LogP contribution in [0.4, 0.5) is 5.69 Å². The van der Waals surface area contributed by atoms with Crippen LogP contribution in [0, 0.1) is 17.0 Å². The van der Waals surface area contributed by atoms with Gasteiger partial charge in [-0.2, -0.15) is 0 Å². The molecule has 0 bridgehead atoms. The van der Waals surface area contributed by atoms with Crippen LogP contribution in [0.2, 0.25) is 0 Å². The Morgan fingerprint density at radius 2 is 1.92 bits per heavy atom. The first kappa shape index (κ1) is 17.6. The number of H-pyrrole nitrogens is 2. The number of hydrogen-bond donors (Lipinski definition) is 2. The zero-order valence-corrected chi connectivity index (χ0v) is 14.3. The molecule has 10 nitrogen and oxygen atoms in total. The maximum absolute atomic E-state index is 11.8. The van der Waals surface area contributed by atoms with Crippen molar-refractivity contribution >= 4 is 17.4 Å². The van der Waals surface area contributed by atoms with E-state index >= 15 is 0 Å². The Balaban J connectivity index is 1.66. The third kappa shape index (κ3) is 4.06. The summed E-state index contributed by atoms with van der Waals surface area (Å²) in [6.07, 6.45) is 0.100.